The average Bonchev–Trinajstić information content (AvgIpc) is 3.30. The van der Waals surface area contributed by atoms with Gasteiger partial charge in [0.25, 0.3) is 0 Å². The molecule has 0 N–H and O–H groups in total. The zero-order chi connectivity index (χ0) is 47.6. The van der Waals surface area contributed by atoms with E-state index in [1.807, 2.05) is 0 Å². The third kappa shape index (κ3) is 9.46. The molecule has 0 spiro atoms. The van der Waals surface area contributed by atoms with Gasteiger partial charge in [-0.3, -0.25) is 0 Å². The molecule has 0 unspecified atom stereocenters. The summed E-state index contributed by atoms with van der Waals surface area (Å²) in [4.78, 5) is 2.38. The van der Waals surface area contributed by atoms with E-state index < -0.39 is 0 Å². The van der Waals surface area contributed by atoms with Gasteiger partial charge in [0.15, 0.2) is 0 Å². The Morgan fingerprint density at radius 3 is 0.687 bits per heavy atom. The summed E-state index contributed by atoms with van der Waals surface area (Å²) in [5, 5.41) is 0. The summed E-state index contributed by atoms with van der Waals surface area (Å²) >= 11 is 0. The summed E-state index contributed by atoms with van der Waals surface area (Å²) in [7, 11) is 0. The molecule has 6 aromatic rings. The lowest BCUT2D eigenvalue weighted by Gasteiger charge is -2.42. The fraction of sp³-hybridized carbons (Fsp3) is 0.364. The van der Waals surface area contributed by atoms with E-state index in [0.717, 1.165) is 17.1 Å². The van der Waals surface area contributed by atoms with Crippen LogP contribution in [0.15, 0.2) is 127 Å². The van der Waals surface area contributed by atoms with Gasteiger partial charge in [0.05, 0.1) is 0 Å². The number of nitrogens with zero attached hydrogens (tertiary/aromatic N) is 1. The predicted molar refractivity (Wildman–Crippen MR) is 293 cm³/mol. The predicted octanol–water partition coefficient (Wildman–Crippen LogP) is 18.7. The molecule has 0 bridgehead atoms. The molecule has 0 fully saturated rings. The fourth-order valence-electron chi connectivity index (χ4n) is 11.4. The van der Waals surface area contributed by atoms with E-state index >= 15 is 0 Å². The van der Waals surface area contributed by atoms with Crippen LogP contribution in [0.3, 0.4) is 0 Å². The summed E-state index contributed by atoms with van der Waals surface area (Å²) in [6.45, 7) is 28.8. The Bertz CT molecular complexity index is 2550. The van der Waals surface area contributed by atoms with E-state index in [9.17, 15) is 0 Å². The van der Waals surface area contributed by atoms with Gasteiger partial charge in [-0.05, 0) is 174 Å². The molecular weight excluding hydrogens is 807 g/mol. The number of benzene rings is 6. The van der Waals surface area contributed by atoms with E-state index in [4.69, 9.17) is 0 Å². The normalized spacial score (nSPS) is 19.5. The molecule has 0 atom stereocenters. The second-order valence-electron chi connectivity index (χ2n) is 24.3. The number of fused-ring (bicyclic) bond motifs is 3. The molecule has 0 saturated carbocycles. The number of hydrogen-bond donors (Lipinski definition) is 0. The second-order valence-corrected chi connectivity index (χ2v) is 24.3. The summed E-state index contributed by atoms with van der Waals surface area (Å²) in [6.07, 6.45) is 21.0. The summed E-state index contributed by atoms with van der Waals surface area (Å²) in [5.74, 6) is 0. The molecule has 0 heterocycles. The Kier molecular flexibility index (Phi) is 11.9. The average molecular weight is 882 g/mol. The topological polar surface area (TPSA) is 3.24 Å². The highest BCUT2D eigenvalue weighted by molar-refractivity contribution is 5.81. The molecule has 0 saturated heterocycles. The van der Waals surface area contributed by atoms with Gasteiger partial charge in [-0.15, -0.1) is 0 Å². The zero-order valence-electron chi connectivity index (χ0n) is 42.8. The van der Waals surface area contributed by atoms with Crippen molar-refractivity contribution in [2.75, 3.05) is 4.90 Å². The van der Waals surface area contributed by atoms with Crippen molar-refractivity contribution in [3.63, 3.8) is 0 Å². The monoisotopic (exact) mass is 882 g/mol. The molecule has 0 radical (unpaired) electrons. The maximum Gasteiger partial charge on any atom is 0.0462 e. The smallest absolute Gasteiger partial charge is 0.0462 e. The van der Waals surface area contributed by atoms with Crippen molar-refractivity contribution in [3.8, 4) is 0 Å². The van der Waals surface area contributed by atoms with Crippen molar-refractivity contribution in [3.05, 3.63) is 194 Å². The molecule has 9 rings (SSSR count). The minimum absolute atomic E-state index is 0.190. The SMILES string of the molecule is CC1(C)CCC(C)(C)c2cc(C=Cc3ccc(N(c4ccc(C=Cc5ccc6c(c5)C(C)(C)CCC6(C)C)cc4)c4ccc(C=Cc5ccc6c(c5)C(C)(C)CCC6(C)C)cc4)cc3)ccc21. The van der Waals surface area contributed by atoms with Crippen molar-refractivity contribution < 1.29 is 0 Å². The first kappa shape index (κ1) is 46.5. The third-order valence-electron chi connectivity index (χ3n) is 16.5. The van der Waals surface area contributed by atoms with Crippen LogP contribution >= 0.6 is 0 Å². The van der Waals surface area contributed by atoms with Crippen LogP contribution in [0.25, 0.3) is 36.5 Å². The molecule has 67 heavy (non-hydrogen) atoms. The van der Waals surface area contributed by atoms with Gasteiger partial charge >= 0.3 is 0 Å². The van der Waals surface area contributed by atoms with E-state index in [1.54, 1.807) is 0 Å². The summed E-state index contributed by atoms with van der Waals surface area (Å²) in [5.41, 5.74) is 21.0. The highest BCUT2D eigenvalue weighted by Crippen LogP contribution is 2.49. The van der Waals surface area contributed by atoms with Gasteiger partial charge in [0.2, 0.25) is 0 Å². The Labute approximate surface area is 404 Å². The molecule has 1 heteroatoms. The van der Waals surface area contributed by atoms with Crippen LogP contribution in [0.4, 0.5) is 17.1 Å². The largest absolute Gasteiger partial charge is 0.311 e. The number of hydrogen-bond acceptors (Lipinski definition) is 1. The van der Waals surface area contributed by atoms with Gasteiger partial charge in [-0.1, -0.05) is 211 Å². The summed E-state index contributed by atoms with van der Waals surface area (Å²) < 4.78 is 0. The van der Waals surface area contributed by atoms with Gasteiger partial charge < -0.3 is 4.90 Å². The van der Waals surface area contributed by atoms with Crippen LogP contribution in [-0.4, -0.2) is 0 Å². The molecule has 0 aromatic heterocycles. The second kappa shape index (κ2) is 17.1. The molecule has 1 nitrogen and oxygen atoms in total. The molecule has 3 aliphatic rings. The van der Waals surface area contributed by atoms with Crippen LogP contribution in [-0.2, 0) is 32.5 Å². The first-order valence-corrected chi connectivity index (χ1v) is 25.2. The van der Waals surface area contributed by atoms with E-state index in [1.165, 1.54) is 105 Å². The van der Waals surface area contributed by atoms with Crippen LogP contribution in [0.1, 0.15) is 188 Å². The number of rotatable bonds is 9. The lowest BCUT2D eigenvalue weighted by molar-refractivity contribution is 0.332. The lowest BCUT2D eigenvalue weighted by atomic mass is 9.63. The van der Waals surface area contributed by atoms with Crippen LogP contribution < -0.4 is 4.90 Å². The van der Waals surface area contributed by atoms with Gasteiger partial charge in [-0.2, -0.15) is 0 Å². The molecular formula is C66H75N. The van der Waals surface area contributed by atoms with Crippen molar-refractivity contribution in [1.82, 2.24) is 0 Å². The molecule has 344 valence electrons. The van der Waals surface area contributed by atoms with Crippen molar-refractivity contribution in [2.45, 2.75) is 154 Å². The van der Waals surface area contributed by atoms with Crippen molar-refractivity contribution in [2.24, 2.45) is 0 Å². The maximum atomic E-state index is 2.43. The Morgan fingerprint density at radius 2 is 0.448 bits per heavy atom. The van der Waals surface area contributed by atoms with Gasteiger partial charge in [-0.25, -0.2) is 0 Å². The summed E-state index contributed by atoms with van der Waals surface area (Å²) in [6, 6.07) is 48.4. The van der Waals surface area contributed by atoms with Crippen LogP contribution in [0.2, 0.25) is 0 Å². The first-order chi connectivity index (χ1) is 31.6. The molecule has 6 aromatic carbocycles. The van der Waals surface area contributed by atoms with Gasteiger partial charge in [0.1, 0.15) is 0 Å². The standard InChI is InChI=1S/C66H75N/c1-61(2)37-40-64(7,8)58-43-49(25-34-55(58)61)16-13-46-19-28-52(29-20-46)67(53-30-21-47(22-31-53)14-17-50-26-35-56-59(44-50)65(9,10)41-38-62(56,3)4)54-32-23-48(24-33-54)15-18-51-27-36-57-60(45-51)66(11,12)42-39-63(57,5)6/h13-36,43-45H,37-42H2,1-12H3. The third-order valence-corrected chi connectivity index (χ3v) is 16.5. The fourth-order valence-corrected chi connectivity index (χ4v) is 11.4. The first-order valence-electron chi connectivity index (χ1n) is 25.2. The Hall–Kier alpha value is -5.66. The van der Waals surface area contributed by atoms with Crippen molar-refractivity contribution in [1.29, 1.82) is 0 Å². The van der Waals surface area contributed by atoms with Crippen LogP contribution in [0.5, 0.6) is 0 Å². The zero-order valence-corrected chi connectivity index (χ0v) is 42.8. The van der Waals surface area contributed by atoms with Crippen molar-refractivity contribution >= 4 is 53.5 Å². The van der Waals surface area contributed by atoms with E-state index in [-0.39, 0.29) is 32.5 Å². The minimum atomic E-state index is 0.190. The van der Waals surface area contributed by atoms with E-state index in [2.05, 4.69) is 252 Å². The van der Waals surface area contributed by atoms with Crippen LogP contribution in [0, 0.1) is 0 Å². The minimum Gasteiger partial charge on any atom is -0.311 e. The Morgan fingerprint density at radius 1 is 0.254 bits per heavy atom. The molecule has 0 aliphatic heterocycles. The highest BCUT2D eigenvalue weighted by atomic mass is 15.1. The molecule has 3 aliphatic carbocycles. The quantitative estimate of drug-likeness (QED) is 0.131. The van der Waals surface area contributed by atoms with Gasteiger partial charge in [0, 0.05) is 17.1 Å². The molecule has 0 amide bonds. The lowest BCUT2D eigenvalue weighted by Crippen LogP contribution is -2.33. The highest BCUT2D eigenvalue weighted by Gasteiger charge is 2.39. The Balaban J connectivity index is 0.992. The maximum absolute atomic E-state index is 2.43. The number of anilines is 3. The van der Waals surface area contributed by atoms with E-state index in [0.29, 0.717) is 0 Å².